The van der Waals surface area contributed by atoms with Gasteiger partial charge in [-0.3, -0.25) is 0 Å². The molecule has 0 aliphatic rings. The van der Waals surface area contributed by atoms with Crippen molar-refractivity contribution in [2.75, 3.05) is 0 Å². The molecule has 0 amide bonds. The number of hydrogen-bond acceptors (Lipinski definition) is 2. The molecular weight excluding hydrogens is 270 g/mol. The standard InChI is InChI=1S/C20H15NO/c21-13-15-1-5-17(6-2-15)19-9-11-20(12-10-19)18-7-3-16(14-22)4-8-18/h1-12,22H,14H2. The molecule has 0 atom stereocenters. The molecule has 0 saturated carbocycles. The lowest BCUT2D eigenvalue weighted by Gasteiger charge is -2.06. The molecule has 0 aromatic heterocycles. The fraction of sp³-hybridized carbons (Fsp3) is 0.0500. The van der Waals surface area contributed by atoms with Gasteiger partial charge in [-0.2, -0.15) is 5.26 Å². The van der Waals surface area contributed by atoms with Crippen LogP contribution in [0.1, 0.15) is 11.1 Å². The summed E-state index contributed by atoms with van der Waals surface area (Å²) in [4.78, 5) is 0. The molecule has 3 rings (SSSR count). The monoisotopic (exact) mass is 285 g/mol. The van der Waals surface area contributed by atoms with Crippen molar-refractivity contribution in [2.24, 2.45) is 0 Å². The molecule has 3 aromatic carbocycles. The van der Waals surface area contributed by atoms with Crippen LogP contribution in [0.3, 0.4) is 0 Å². The van der Waals surface area contributed by atoms with Crippen LogP contribution in [0.25, 0.3) is 22.3 Å². The molecule has 0 heterocycles. The minimum atomic E-state index is 0.0674. The number of aliphatic hydroxyl groups is 1. The Balaban J connectivity index is 1.86. The zero-order chi connectivity index (χ0) is 15.4. The molecule has 0 aliphatic carbocycles. The quantitative estimate of drug-likeness (QED) is 0.776. The van der Waals surface area contributed by atoms with Gasteiger partial charge >= 0.3 is 0 Å². The van der Waals surface area contributed by atoms with E-state index in [1.54, 1.807) is 0 Å². The van der Waals surface area contributed by atoms with Crippen LogP contribution in [0.2, 0.25) is 0 Å². The molecular formula is C20H15NO. The normalized spacial score (nSPS) is 10.2. The summed E-state index contributed by atoms with van der Waals surface area (Å²) in [6.45, 7) is 0.0674. The highest BCUT2D eigenvalue weighted by molar-refractivity contribution is 5.70. The predicted molar refractivity (Wildman–Crippen MR) is 88.0 cm³/mol. The van der Waals surface area contributed by atoms with E-state index in [-0.39, 0.29) is 6.61 Å². The average molecular weight is 285 g/mol. The first-order valence-electron chi connectivity index (χ1n) is 7.11. The van der Waals surface area contributed by atoms with Crippen LogP contribution >= 0.6 is 0 Å². The van der Waals surface area contributed by atoms with Crippen molar-refractivity contribution in [3.63, 3.8) is 0 Å². The summed E-state index contributed by atoms with van der Waals surface area (Å²) in [7, 11) is 0. The molecule has 0 spiro atoms. The largest absolute Gasteiger partial charge is 0.392 e. The summed E-state index contributed by atoms with van der Waals surface area (Å²) in [6, 6.07) is 25.9. The van der Waals surface area contributed by atoms with E-state index in [0.717, 1.165) is 27.8 Å². The van der Waals surface area contributed by atoms with Gasteiger partial charge in [-0.1, -0.05) is 60.7 Å². The SMILES string of the molecule is N#Cc1ccc(-c2ccc(-c3ccc(CO)cc3)cc2)cc1. The van der Waals surface area contributed by atoms with Crippen LogP contribution in [-0.4, -0.2) is 5.11 Å². The Kier molecular flexibility index (Phi) is 4.00. The first-order valence-corrected chi connectivity index (χ1v) is 7.11. The molecule has 2 heteroatoms. The van der Waals surface area contributed by atoms with Crippen LogP contribution in [0.4, 0.5) is 0 Å². The third kappa shape index (κ3) is 2.90. The fourth-order valence-electron chi connectivity index (χ4n) is 2.39. The lowest BCUT2D eigenvalue weighted by molar-refractivity contribution is 0.282. The van der Waals surface area contributed by atoms with Gasteiger partial charge in [0.1, 0.15) is 0 Å². The summed E-state index contributed by atoms with van der Waals surface area (Å²) in [5.74, 6) is 0. The Morgan fingerprint density at radius 2 is 1.00 bits per heavy atom. The molecule has 1 N–H and O–H groups in total. The van der Waals surface area contributed by atoms with Gasteiger partial charge in [0.15, 0.2) is 0 Å². The molecule has 0 unspecified atom stereocenters. The number of rotatable bonds is 3. The van der Waals surface area contributed by atoms with E-state index in [9.17, 15) is 0 Å². The second kappa shape index (κ2) is 6.26. The number of aliphatic hydroxyl groups excluding tert-OH is 1. The molecule has 2 nitrogen and oxygen atoms in total. The first kappa shape index (κ1) is 14.1. The second-order valence-electron chi connectivity index (χ2n) is 5.12. The Morgan fingerprint density at radius 3 is 1.36 bits per heavy atom. The summed E-state index contributed by atoms with van der Waals surface area (Å²) < 4.78 is 0. The van der Waals surface area contributed by atoms with Crippen molar-refractivity contribution in [1.82, 2.24) is 0 Å². The fourth-order valence-corrected chi connectivity index (χ4v) is 2.39. The van der Waals surface area contributed by atoms with Gasteiger partial charge in [0.25, 0.3) is 0 Å². The van der Waals surface area contributed by atoms with E-state index in [1.165, 1.54) is 0 Å². The number of nitriles is 1. The second-order valence-corrected chi connectivity index (χ2v) is 5.12. The van der Waals surface area contributed by atoms with Gasteiger partial charge in [0.05, 0.1) is 18.2 Å². The third-order valence-electron chi connectivity index (χ3n) is 3.70. The number of benzene rings is 3. The van der Waals surface area contributed by atoms with E-state index in [2.05, 4.69) is 30.3 Å². The predicted octanol–water partition coefficient (Wildman–Crippen LogP) is 4.38. The highest BCUT2D eigenvalue weighted by Crippen LogP contribution is 2.25. The van der Waals surface area contributed by atoms with E-state index in [0.29, 0.717) is 5.56 Å². The summed E-state index contributed by atoms with van der Waals surface area (Å²) >= 11 is 0. The number of nitrogens with zero attached hydrogens (tertiary/aromatic N) is 1. The van der Waals surface area contributed by atoms with Crippen molar-refractivity contribution >= 4 is 0 Å². The van der Waals surface area contributed by atoms with Crippen molar-refractivity contribution in [3.05, 3.63) is 83.9 Å². The van der Waals surface area contributed by atoms with E-state index in [1.807, 2.05) is 48.5 Å². The molecule has 0 aliphatic heterocycles. The van der Waals surface area contributed by atoms with Gasteiger partial charge < -0.3 is 5.11 Å². The maximum Gasteiger partial charge on any atom is 0.0991 e. The van der Waals surface area contributed by atoms with Crippen molar-refractivity contribution < 1.29 is 5.11 Å². The smallest absolute Gasteiger partial charge is 0.0991 e. The molecule has 0 fully saturated rings. The van der Waals surface area contributed by atoms with Gasteiger partial charge in [-0.05, 0) is 39.9 Å². The molecule has 3 aromatic rings. The van der Waals surface area contributed by atoms with Crippen LogP contribution in [0.15, 0.2) is 72.8 Å². The minimum absolute atomic E-state index is 0.0674. The van der Waals surface area contributed by atoms with Crippen molar-refractivity contribution in [3.8, 4) is 28.3 Å². The highest BCUT2D eigenvalue weighted by Gasteiger charge is 2.01. The zero-order valence-electron chi connectivity index (χ0n) is 12.0. The van der Waals surface area contributed by atoms with E-state index in [4.69, 9.17) is 10.4 Å². The maximum atomic E-state index is 9.08. The molecule has 22 heavy (non-hydrogen) atoms. The molecule has 0 radical (unpaired) electrons. The highest BCUT2D eigenvalue weighted by atomic mass is 16.3. The third-order valence-corrected chi connectivity index (χ3v) is 3.70. The van der Waals surface area contributed by atoms with Crippen molar-refractivity contribution in [2.45, 2.75) is 6.61 Å². The topological polar surface area (TPSA) is 44.0 Å². The van der Waals surface area contributed by atoms with Gasteiger partial charge in [-0.15, -0.1) is 0 Å². The summed E-state index contributed by atoms with van der Waals surface area (Å²) in [5, 5.41) is 17.9. The summed E-state index contributed by atoms with van der Waals surface area (Å²) in [5.41, 5.74) is 6.08. The van der Waals surface area contributed by atoms with Crippen LogP contribution in [0, 0.1) is 11.3 Å². The minimum Gasteiger partial charge on any atom is -0.392 e. The lowest BCUT2D eigenvalue weighted by Crippen LogP contribution is -1.84. The molecule has 106 valence electrons. The maximum absolute atomic E-state index is 9.08. The van der Waals surface area contributed by atoms with Crippen molar-refractivity contribution in [1.29, 1.82) is 5.26 Å². The van der Waals surface area contributed by atoms with Gasteiger partial charge in [0, 0.05) is 0 Å². The Morgan fingerprint density at radius 1 is 0.636 bits per heavy atom. The van der Waals surface area contributed by atoms with Gasteiger partial charge in [-0.25, -0.2) is 0 Å². The molecule has 0 bridgehead atoms. The molecule has 0 saturated heterocycles. The summed E-state index contributed by atoms with van der Waals surface area (Å²) in [6.07, 6.45) is 0. The number of hydrogen-bond donors (Lipinski definition) is 1. The Bertz CT molecular complexity index is 794. The Labute approximate surface area is 129 Å². The Hall–Kier alpha value is -2.89. The first-order chi connectivity index (χ1) is 10.8. The zero-order valence-corrected chi connectivity index (χ0v) is 12.0. The van der Waals surface area contributed by atoms with Crippen LogP contribution < -0.4 is 0 Å². The van der Waals surface area contributed by atoms with E-state index < -0.39 is 0 Å². The average Bonchev–Trinajstić information content (AvgIpc) is 2.62. The van der Waals surface area contributed by atoms with Gasteiger partial charge in [0.2, 0.25) is 0 Å². The van der Waals surface area contributed by atoms with Crippen LogP contribution in [0.5, 0.6) is 0 Å². The lowest BCUT2D eigenvalue weighted by atomic mass is 9.99. The van der Waals surface area contributed by atoms with Crippen LogP contribution in [-0.2, 0) is 6.61 Å². The van der Waals surface area contributed by atoms with E-state index >= 15 is 0 Å².